The molecule has 0 aliphatic heterocycles. The third-order valence-electron chi connectivity index (χ3n) is 2.68. The molecule has 6 heteroatoms. The fourth-order valence-corrected chi connectivity index (χ4v) is 2.07. The molecule has 1 unspecified atom stereocenters. The maximum atomic E-state index is 12.0. The molecule has 0 saturated heterocycles. The molecule has 1 aromatic heterocycles. The van der Waals surface area contributed by atoms with Crippen molar-refractivity contribution in [2.45, 2.75) is 0 Å². The first-order chi connectivity index (χ1) is 9.55. The molecule has 1 heterocycles. The third kappa shape index (κ3) is 2.91. The summed E-state index contributed by atoms with van der Waals surface area (Å²) in [5.41, 5.74) is 0.186. The molecule has 0 spiro atoms. The summed E-state index contributed by atoms with van der Waals surface area (Å²) in [6.45, 7) is 0. The highest BCUT2D eigenvalue weighted by molar-refractivity contribution is 7.87. The van der Waals surface area contributed by atoms with Crippen molar-refractivity contribution in [2.24, 2.45) is 0 Å². The van der Waals surface area contributed by atoms with Gasteiger partial charge in [-0.25, -0.2) is 0 Å². The molecule has 2 rings (SSSR count). The van der Waals surface area contributed by atoms with E-state index in [-0.39, 0.29) is 5.43 Å². The standard InChI is InChI=1S/C14H14O5S/c1-17-13-7-10-11(15)6-9(4-5-20(3)16)19-12(10)8-14(13)18-2/h4-8H,1-3H3/b5-4+. The van der Waals surface area contributed by atoms with Gasteiger partial charge >= 0.3 is 0 Å². The Balaban J connectivity index is 2.65. The molecule has 0 amide bonds. The summed E-state index contributed by atoms with van der Waals surface area (Å²) >= 11 is 0. The lowest BCUT2D eigenvalue weighted by atomic mass is 10.2. The lowest BCUT2D eigenvalue weighted by Gasteiger charge is -2.08. The second kappa shape index (κ2) is 5.92. The molecule has 0 radical (unpaired) electrons. The average Bonchev–Trinajstić information content (AvgIpc) is 2.43. The second-order valence-electron chi connectivity index (χ2n) is 4.02. The van der Waals surface area contributed by atoms with Crippen LogP contribution < -0.4 is 14.9 Å². The molecule has 0 bridgehead atoms. The van der Waals surface area contributed by atoms with E-state index in [9.17, 15) is 9.00 Å². The highest BCUT2D eigenvalue weighted by atomic mass is 32.2. The number of methoxy groups -OCH3 is 2. The van der Waals surface area contributed by atoms with E-state index in [1.807, 2.05) is 0 Å². The average molecular weight is 294 g/mol. The second-order valence-corrected chi connectivity index (χ2v) is 5.29. The molecule has 0 N–H and O–H groups in total. The molecule has 0 aliphatic carbocycles. The Hall–Kier alpha value is -2.08. The first-order valence-corrected chi connectivity index (χ1v) is 7.37. The maximum Gasteiger partial charge on any atom is 0.193 e. The molecular formula is C14H14O5S. The van der Waals surface area contributed by atoms with Crippen molar-refractivity contribution in [3.05, 3.63) is 39.6 Å². The highest BCUT2D eigenvalue weighted by Gasteiger charge is 2.10. The van der Waals surface area contributed by atoms with Gasteiger partial charge in [-0.3, -0.25) is 9.00 Å². The van der Waals surface area contributed by atoms with Crippen LogP contribution in [0.5, 0.6) is 11.5 Å². The zero-order chi connectivity index (χ0) is 14.7. The van der Waals surface area contributed by atoms with E-state index in [2.05, 4.69) is 0 Å². The van der Waals surface area contributed by atoms with E-state index < -0.39 is 10.8 Å². The van der Waals surface area contributed by atoms with E-state index in [1.54, 1.807) is 12.1 Å². The molecular weight excluding hydrogens is 280 g/mol. The number of benzene rings is 1. The van der Waals surface area contributed by atoms with Crippen molar-refractivity contribution in [3.63, 3.8) is 0 Å². The zero-order valence-corrected chi connectivity index (χ0v) is 12.2. The van der Waals surface area contributed by atoms with Crippen LogP contribution >= 0.6 is 0 Å². The predicted molar refractivity (Wildman–Crippen MR) is 78.7 cm³/mol. The molecule has 2 aromatic rings. The van der Waals surface area contributed by atoms with Gasteiger partial charge < -0.3 is 13.9 Å². The Morgan fingerprint density at radius 3 is 2.40 bits per heavy atom. The van der Waals surface area contributed by atoms with Gasteiger partial charge in [0.25, 0.3) is 0 Å². The molecule has 106 valence electrons. The van der Waals surface area contributed by atoms with E-state index in [1.165, 1.54) is 38.0 Å². The lowest BCUT2D eigenvalue weighted by Crippen LogP contribution is -2.01. The van der Waals surface area contributed by atoms with Crippen LogP contribution in [0.2, 0.25) is 0 Å². The van der Waals surface area contributed by atoms with Crippen molar-refractivity contribution in [1.29, 1.82) is 0 Å². The number of hydrogen-bond acceptors (Lipinski definition) is 5. The van der Waals surface area contributed by atoms with Gasteiger partial charge in [-0.05, 0) is 12.1 Å². The summed E-state index contributed by atoms with van der Waals surface area (Å²) in [5.74, 6) is 1.28. The summed E-state index contributed by atoms with van der Waals surface area (Å²) in [7, 11) is 1.90. The molecule has 20 heavy (non-hydrogen) atoms. The Morgan fingerprint density at radius 2 is 1.80 bits per heavy atom. The van der Waals surface area contributed by atoms with Crippen LogP contribution in [0.15, 0.2) is 32.8 Å². The van der Waals surface area contributed by atoms with Crippen LogP contribution in [0.1, 0.15) is 5.76 Å². The van der Waals surface area contributed by atoms with Gasteiger partial charge in [0.1, 0.15) is 11.3 Å². The lowest BCUT2D eigenvalue weighted by molar-refractivity contribution is 0.355. The Morgan fingerprint density at radius 1 is 1.15 bits per heavy atom. The third-order valence-corrected chi connectivity index (χ3v) is 3.20. The quantitative estimate of drug-likeness (QED) is 0.864. The van der Waals surface area contributed by atoms with E-state index in [0.29, 0.717) is 28.2 Å². The van der Waals surface area contributed by atoms with Crippen LogP contribution in [0, 0.1) is 0 Å². The van der Waals surface area contributed by atoms with Crippen LogP contribution in [-0.4, -0.2) is 24.7 Å². The minimum atomic E-state index is -1.10. The van der Waals surface area contributed by atoms with Gasteiger partial charge in [-0.1, -0.05) is 0 Å². The van der Waals surface area contributed by atoms with Crippen molar-refractivity contribution in [2.75, 3.05) is 20.5 Å². The first kappa shape index (κ1) is 14.3. The summed E-state index contributed by atoms with van der Waals surface area (Å²) in [5, 5.41) is 1.85. The van der Waals surface area contributed by atoms with Crippen molar-refractivity contribution in [3.8, 4) is 11.5 Å². The van der Waals surface area contributed by atoms with Gasteiger partial charge in [-0.2, -0.15) is 0 Å². The molecule has 0 saturated carbocycles. The Kier molecular flexibility index (Phi) is 4.24. The summed E-state index contributed by atoms with van der Waals surface area (Å²) in [6, 6.07) is 4.51. The normalized spacial score (nSPS) is 12.8. The number of hydrogen-bond donors (Lipinski definition) is 0. The fourth-order valence-electron chi connectivity index (χ4n) is 1.75. The Labute approximate surface area is 118 Å². The smallest absolute Gasteiger partial charge is 0.193 e. The van der Waals surface area contributed by atoms with E-state index >= 15 is 0 Å². The van der Waals surface area contributed by atoms with Gasteiger partial charge in [-0.15, -0.1) is 0 Å². The van der Waals surface area contributed by atoms with Gasteiger partial charge in [0.2, 0.25) is 0 Å². The summed E-state index contributed by atoms with van der Waals surface area (Å²) in [6.07, 6.45) is 3.04. The van der Waals surface area contributed by atoms with Gasteiger partial charge in [0.05, 0.1) is 19.6 Å². The summed E-state index contributed by atoms with van der Waals surface area (Å²) in [4.78, 5) is 12.0. The largest absolute Gasteiger partial charge is 0.493 e. The van der Waals surface area contributed by atoms with Crippen LogP contribution in [0.25, 0.3) is 17.0 Å². The van der Waals surface area contributed by atoms with Gasteiger partial charge in [0.15, 0.2) is 16.9 Å². The molecule has 1 aromatic carbocycles. The SMILES string of the molecule is COc1cc2oc(/C=C/S(C)=O)cc(=O)c2cc1OC. The maximum absolute atomic E-state index is 12.0. The van der Waals surface area contributed by atoms with Crippen LogP contribution in [0.4, 0.5) is 0 Å². The number of ether oxygens (including phenoxy) is 2. The molecule has 5 nitrogen and oxygen atoms in total. The Bertz CT molecular complexity index is 745. The predicted octanol–water partition coefficient (Wildman–Crippen LogP) is 2.16. The summed E-state index contributed by atoms with van der Waals surface area (Å²) < 4.78 is 26.9. The molecule has 0 fully saturated rings. The monoisotopic (exact) mass is 294 g/mol. The van der Waals surface area contributed by atoms with Gasteiger partial charge in [0, 0.05) is 34.6 Å². The number of rotatable bonds is 4. The minimum Gasteiger partial charge on any atom is -0.493 e. The topological polar surface area (TPSA) is 65.7 Å². The molecule has 1 atom stereocenters. The van der Waals surface area contributed by atoms with Crippen molar-refractivity contribution in [1.82, 2.24) is 0 Å². The van der Waals surface area contributed by atoms with Crippen LogP contribution in [-0.2, 0) is 10.8 Å². The first-order valence-electron chi connectivity index (χ1n) is 5.75. The van der Waals surface area contributed by atoms with E-state index in [4.69, 9.17) is 13.9 Å². The van der Waals surface area contributed by atoms with Crippen molar-refractivity contribution >= 4 is 27.8 Å². The minimum absolute atomic E-state index is 0.200. The highest BCUT2D eigenvalue weighted by Crippen LogP contribution is 2.31. The zero-order valence-electron chi connectivity index (χ0n) is 11.3. The molecule has 0 aliphatic rings. The van der Waals surface area contributed by atoms with Crippen molar-refractivity contribution < 1.29 is 18.1 Å². The number of fused-ring (bicyclic) bond motifs is 1. The van der Waals surface area contributed by atoms with E-state index in [0.717, 1.165) is 0 Å². The van der Waals surface area contributed by atoms with Crippen LogP contribution in [0.3, 0.4) is 0 Å². The fraction of sp³-hybridized carbons (Fsp3) is 0.214.